The summed E-state index contributed by atoms with van der Waals surface area (Å²) in [6.45, 7) is 4.94. The first kappa shape index (κ1) is 10.5. The van der Waals surface area contributed by atoms with E-state index in [1.165, 1.54) is 5.56 Å². The second kappa shape index (κ2) is 5.18. The summed E-state index contributed by atoms with van der Waals surface area (Å²) in [7, 11) is 0. The molecule has 13 heavy (non-hydrogen) atoms. The third-order valence-electron chi connectivity index (χ3n) is 1.84. The van der Waals surface area contributed by atoms with Crippen molar-refractivity contribution in [2.24, 2.45) is 5.92 Å². The maximum atomic E-state index is 5.59. The third kappa shape index (κ3) is 3.73. The lowest BCUT2D eigenvalue weighted by Crippen LogP contribution is -2.09. The van der Waals surface area contributed by atoms with Crippen LogP contribution in [0.3, 0.4) is 0 Å². The SMILES string of the molecule is Cc1cccc(OCC(C)CS)c1. The number of ether oxygens (including phenoxy) is 1. The van der Waals surface area contributed by atoms with E-state index in [9.17, 15) is 0 Å². The molecular weight excluding hydrogens is 180 g/mol. The summed E-state index contributed by atoms with van der Waals surface area (Å²) in [6, 6.07) is 8.11. The second-order valence-electron chi connectivity index (χ2n) is 3.42. The Morgan fingerprint density at radius 1 is 1.46 bits per heavy atom. The van der Waals surface area contributed by atoms with Gasteiger partial charge in [-0.1, -0.05) is 19.1 Å². The van der Waals surface area contributed by atoms with Gasteiger partial charge < -0.3 is 4.74 Å². The molecule has 72 valence electrons. The van der Waals surface area contributed by atoms with Crippen LogP contribution in [0.15, 0.2) is 24.3 Å². The van der Waals surface area contributed by atoms with Gasteiger partial charge in [0.25, 0.3) is 0 Å². The van der Waals surface area contributed by atoms with Crippen molar-refractivity contribution in [3.63, 3.8) is 0 Å². The van der Waals surface area contributed by atoms with Gasteiger partial charge in [-0.25, -0.2) is 0 Å². The summed E-state index contributed by atoms with van der Waals surface area (Å²) in [4.78, 5) is 0. The molecule has 2 heteroatoms. The summed E-state index contributed by atoms with van der Waals surface area (Å²) >= 11 is 4.20. The first-order valence-electron chi connectivity index (χ1n) is 4.52. The molecule has 0 aliphatic heterocycles. The Labute approximate surface area is 85.5 Å². The lowest BCUT2D eigenvalue weighted by molar-refractivity contribution is 0.273. The molecule has 0 bridgehead atoms. The summed E-state index contributed by atoms with van der Waals surface area (Å²) in [5.74, 6) is 2.32. The normalized spacial score (nSPS) is 12.5. The van der Waals surface area contributed by atoms with Crippen LogP contribution in [0, 0.1) is 12.8 Å². The summed E-state index contributed by atoms with van der Waals surface area (Å²) in [6.07, 6.45) is 0. The first-order chi connectivity index (χ1) is 6.22. The average Bonchev–Trinajstić information content (AvgIpc) is 2.14. The summed E-state index contributed by atoms with van der Waals surface area (Å²) in [5, 5.41) is 0. The fourth-order valence-corrected chi connectivity index (χ4v) is 1.10. The number of thiol groups is 1. The number of hydrogen-bond donors (Lipinski definition) is 1. The van der Waals surface area contributed by atoms with Crippen LogP contribution in [0.5, 0.6) is 5.75 Å². The van der Waals surface area contributed by atoms with Crippen LogP contribution in [0.1, 0.15) is 12.5 Å². The van der Waals surface area contributed by atoms with Crippen LogP contribution in [0.4, 0.5) is 0 Å². The summed E-state index contributed by atoms with van der Waals surface area (Å²) in [5.41, 5.74) is 1.23. The zero-order valence-corrected chi connectivity index (χ0v) is 9.05. The molecule has 0 aromatic heterocycles. The molecule has 0 fully saturated rings. The van der Waals surface area contributed by atoms with Gasteiger partial charge in [0.05, 0.1) is 6.61 Å². The van der Waals surface area contributed by atoms with E-state index in [4.69, 9.17) is 4.74 Å². The Kier molecular flexibility index (Phi) is 4.16. The molecule has 1 rings (SSSR count). The monoisotopic (exact) mass is 196 g/mol. The zero-order valence-electron chi connectivity index (χ0n) is 8.16. The van der Waals surface area contributed by atoms with Gasteiger partial charge >= 0.3 is 0 Å². The molecule has 1 atom stereocenters. The van der Waals surface area contributed by atoms with Gasteiger partial charge in [-0.05, 0) is 36.3 Å². The quantitative estimate of drug-likeness (QED) is 0.728. The Morgan fingerprint density at radius 3 is 2.85 bits per heavy atom. The number of rotatable bonds is 4. The Bertz CT molecular complexity index is 260. The van der Waals surface area contributed by atoms with Crippen molar-refractivity contribution >= 4 is 12.6 Å². The Morgan fingerprint density at radius 2 is 2.23 bits per heavy atom. The number of benzene rings is 1. The molecule has 1 aromatic rings. The highest BCUT2D eigenvalue weighted by Crippen LogP contribution is 2.13. The smallest absolute Gasteiger partial charge is 0.119 e. The van der Waals surface area contributed by atoms with E-state index in [2.05, 4.69) is 32.5 Å². The summed E-state index contributed by atoms with van der Waals surface area (Å²) < 4.78 is 5.59. The molecule has 1 unspecified atom stereocenters. The highest BCUT2D eigenvalue weighted by atomic mass is 32.1. The van der Waals surface area contributed by atoms with Gasteiger partial charge in [0.15, 0.2) is 0 Å². The van der Waals surface area contributed by atoms with Gasteiger partial charge in [-0.2, -0.15) is 12.6 Å². The van der Waals surface area contributed by atoms with Crippen molar-refractivity contribution in [1.29, 1.82) is 0 Å². The van der Waals surface area contributed by atoms with Crippen LogP contribution in [0.25, 0.3) is 0 Å². The van der Waals surface area contributed by atoms with Gasteiger partial charge in [0.1, 0.15) is 5.75 Å². The molecule has 0 saturated heterocycles. The Balaban J connectivity index is 2.45. The molecule has 0 heterocycles. The van der Waals surface area contributed by atoms with Gasteiger partial charge in [0, 0.05) is 0 Å². The maximum absolute atomic E-state index is 5.59. The van der Waals surface area contributed by atoms with Crippen LogP contribution in [-0.2, 0) is 0 Å². The lowest BCUT2D eigenvalue weighted by Gasteiger charge is -2.10. The van der Waals surface area contributed by atoms with Gasteiger partial charge in [-0.15, -0.1) is 0 Å². The second-order valence-corrected chi connectivity index (χ2v) is 3.78. The molecule has 0 aliphatic rings. The van der Waals surface area contributed by atoms with Crippen LogP contribution in [0.2, 0.25) is 0 Å². The van der Waals surface area contributed by atoms with E-state index in [-0.39, 0.29) is 0 Å². The van der Waals surface area contributed by atoms with Crippen molar-refractivity contribution in [1.82, 2.24) is 0 Å². The fourth-order valence-electron chi connectivity index (χ4n) is 0.996. The molecular formula is C11H16OS. The van der Waals surface area contributed by atoms with E-state index in [1.807, 2.05) is 18.2 Å². The van der Waals surface area contributed by atoms with E-state index in [0.717, 1.165) is 18.1 Å². The van der Waals surface area contributed by atoms with Crippen LogP contribution < -0.4 is 4.74 Å². The largest absolute Gasteiger partial charge is 0.493 e. The van der Waals surface area contributed by atoms with Crippen LogP contribution >= 0.6 is 12.6 Å². The number of hydrogen-bond acceptors (Lipinski definition) is 2. The molecule has 0 saturated carbocycles. The minimum Gasteiger partial charge on any atom is -0.493 e. The highest BCUT2D eigenvalue weighted by Gasteiger charge is 2.00. The molecule has 1 nitrogen and oxygen atoms in total. The molecule has 1 aromatic carbocycles. The third-order valence-corrected chi connectivity index (χ3v) is 2.46. The van der Waals surface area contributed by atoms with Crippen molar-refractivity contribution in [2.45, 2.75) is 13.8 Å². The maximum Gasteiger partial charge on any atom is 0.119 e. The van der Waals surface area contributed by atoms with E-state index in [0.29, 0.717) is 5.92 Å². The standard InChI is InChI=1S/C11H16OS/c1-9-4-3-5-11(6-9)12-7-10(2)8-13/h3-6,10,13H,7-8H2,1-2H3. The van der Waals surface area contributed by atoms with Crippen LogP contribution in [-0.4, -0.2) is 12.4 Å². The minimum absolute atomic E-state index is 0.504. The van der Waals surface area contributed by atoms with E-state index < -0.39 is 0 Å². The minimum atomic E-state index is 0.504. The zero-order chi connectivity index (χ0) is 9.68. The van der Waals surface area contributed by atoms with E-state index in [1.54, 1.807) is 0 Å². The molecule has 0 aliphatic carbocycles. The predicted molar refractivity (Wildman–Crippen MR) is 59.7 cm³/mol. The van der Waals surface area contributed by atoms with E-state index >= 15 is 0 Å². The van der Waals surface area contributed by atoms with Crippen molar-refractivity contribution in [3.8, 4) is 5.75 Å². The fraction of sp³-hybridized carbons (Fsp3) is 0.455. The van der Waals surface area contributed by atoms with Gasteiger partial charge in [-0.3, -0.25) is 0 Å². The van der Waals surface area contributed by atoms with Crippen molar-refractivity contribution in [2.75, 3.05) is 12.4 Å². The molecule has 0 N–H and O–H groups in total. The molecule has 0 spiro atoms. The highest BCUT2D eigenvalue weighted by molar-refractivity contribution is 7.80. The van der Waals surface area contributed by atoms with Gasteiger partial charge in [0.2, 0.25) is 0 Å². The predicted octanol–water partition coefficient (Wildman–Crippen LogP) is 2.94. The number of aryl methyl sites for hydroxylation is 1. The van der Waals surface area contributed by atoms with Crippen molar-refractivity contribution < 1.29 is 4.74 Å². The first-order valence-corrected chi connectivity index (χ1v) is 5.16. The molecule has 0 amide bonds. The van der Waals surface area contributed by atoms with Crippen molar-refractivity contribution in [3.05, 3.63) is 29.8 Å². The average molecular weight is 196 g/mol. The topological polar surface area (TPSA) is 9.23 Å². The molecule has 0 radical (unpaired) electrons. The Hall–Kier alpha value is -0.630. The lowest BCUT2D eigenvalue weighted by atomic mass is 10.2.